The van der Waals surface area contributed by atoms with Crippen LogP contribution in [-0.2, 0) is 10.0 Å². The van der Waals surface area contributed by atoms with E-state index in [9.17, 15) is 8.42 Å². The Morgan fingerprint density at radius 2 is 1.77 bits per heavy atom. The van der Waals surface area contributed by atoms with Crippen molar-refractivity contribution in [2.75, 3.05) is 18.0 Å². The lowest BCUT2D eigenvalue weighted by Gasteiger charge is -2.23. The van der Waals surface area contributed by atoms with Gasteiger partial charge in [0.15, 0.2) is 0 Å². The molecule has 2 aromatic carbocycles. The third-order valence-electron chi connectivity index (χ3n) is 3.36. The van der Waals surface area contributed by atoms with Crippen LogP contribution in [0.5, 0.6) is 5.75 Å². The number of rotatable bonds is 5. The number of methoxy groups -OCH3 is 1. The summed E-state index contributed by atoms with van der Waals surface area (Å²) >= 11 is 2.19. The number of ether oxygens (including phenoxy) is 1. The highest BCUT2D eigenvalue weighted by molar-refractivity contribution is 14.1. The summed E-state index contributed by atoms with van der Waals surface area (Å²) in [6.07, 6.45) is 0. The molecular weight excluding hydrogens is 413 g/mol. The molecule has 0 aliphatic carbocycles. The van der Waals surface area contributed by atoms with Gasteiger partial charge in [0.2, 0.25) is 0 Å². The third-order valence-corrected chi connectivity index (χ3v) is 5.97. The number of benzene rings is 2. The van der Waals surface area contributed by atoms with Crippen LogP contribution in [0.2, 0.25) is 0 Å². The average Bonchev–Trinajstić information content (AvgIpc) is 2.49. The SMILES string of the molecule is CCN(c1ccc(I)cc1)S(=O)(=O)c1ccc(OC)c(C)c1. The molecule has 118 valence electrons. The van der Waals surface area contributed by atoms with Gasteiger partial charge >= 0.3 is 0 Å². The Balaban J connectivity index is 2.47. The first-order chi connectivity index (χ1) is 10.4. The van der Waals surface area contributed by atoms with Gasteiger partial charge in [-0.1, -0.05) is 0 Å². The van der Waals surface area contributed by atoms with Crippen molar-refractivity contribution >= 4 is 38.3 Å². The summed E-state index contributed by atoms with van der Waals surface area (Å²) in [7, 11) is -2.02. The summed E-state index contributed by atoms with van der Waals surface area (Å²) in [6, 6.07) is 12.3. The van der Waals surface area contributed by atoms with Gasteiger partial charge in [-0.25, -0.2) is 8.42 Å². The van der Waals surface area contributed by atoms with Gasteiger partial charge in [0, 0.05) is 10.1 Å². The molecule has 2 aromatic rings. The Kier molecular flexibility index (Phi) is 5.33. The maximum absolute atomic E-state index is 12.9. The summed E-state index contributed by atoms with van der Waals surface area (Å²) < 4.78 is 33.4. The lowest BCUT2D eigenvalue weighted by atomic mass is 10.2. The number of nitrogens with zero attached hydrogens (tertiary/aromatic N) is 1. The predicted molar refractivity (Wildman–Crippen MR) is 97.1 cm³/mol. The Labute approximate surface area is 145 Å². The Bertz CT molecular complexity index is 757. The molecule has 2 rings (SSSR count). The second-order valence-corrected chi connectivity index (χ2v) is 7.89. The van der Waals surface area contributed by atoms with Crippen molar-refractivity contribution in [3.63, 3.8) is 0 Å². The molecule has 22 heavy (non-hydrogen) atoms. The molecule has 4 nitrogen and oxygen atoms in total. The van der Waals surface area contributed by atoms with Crippen LogP contribution in [0.15, 0.2) is 47.4 Å². The molecule has 0 atom stereocenters. The van der Waals surface area contributed by atoms with Crippen LogP contribution >= 0.6 is 22.6 Å². The van der Waals surface area contributed by atoms with E-state index in [0.29, 0.717) is 18.0 Å². The second-order valence-electron chi connectivity index (χ2n) is 4.78. The molecule has 0 unspecified atom stereocenters. The van der Waals surface area contributed by atoms with Crippen LogP contribution in [0.25, 0.3) is 0 Å². The molecule has 0 aliphatic heterocycles. The van der Waals surface area contributed by atoms with Crippen LogP contribution in [0.1, 0.15) is 12.5 Å². The van der Waals surface area contributed by atoms with E-state index in [0.717, 1.165) is 9.13 Å². The zero-order valence-corrected chi connectivity index (χ0v) is 15.7. The lowest BCUT2D eigenvalue weighted by Crippen LogP contribution is -2.30. The first-order valence-corrected chi connectivity index (χ1v) is 9.35. The van der Waals surface area contributed by atoms with Crippen LogP contribution in [0.4, 0.5) is 5.69 Å². The van der Waals surface area contributed by atoms with E-state index in [1.165, 1.54) is 4.31 Å². The van der Waals surface area contributed by atoms with Gasteiger partial charge in [-0.15, -0.1) is 0 Å². The zero-order chi connectivity index (χ0) is 16.3. The van der Waals surface area contributed by atoms with E-state index in [1.54, 1.807) is 25.3 Å². The molecule has 0 N–H and O–H groups in total. The largest absolute Gasteiger partial charge is 0.496 e. The van der Waals surface area contributed by atoms with Crippen molar-refractivity contribution in [2.45, 2.75) is 18.7 Å². The predicted octanol–water partition coefficient (Wildman–Crippen LogP) is 3.82. The summed E-state index contributed by atoms with van der Waals surface area (Å²) in [4.78, 5) is 0.270. The van der Waals surface area contributed by atoms with Gasteiger partial charge in [-0.05, 0) is 84.5 Å². The van der Waals surface area contributed by atoms with E-state index < -0.39 is 10.0 Å². The van der Waals surface area contributed by atoms with Crippen molar-refractivity contribution in [2.24, 2.45) is 0 Å². The fraction of sp³-hybridized carbons (Fsp3) is 0.250. The fourth-order valence-corrected chi connectivity index (χ4v) is 4.16. The number of aryl methyl sites for hydroxylation is 1. The standard InChI is InChI=1S/C16H18INO3S/c1-4-18(14-7-5-13(17)6-8-14)22(19,20)15-9-10-16(21-3)12(2)11-15/h5-11H,4H2,1-3H3. The third kappa shape index (κ3) is 3.38. The van der Waals surface area contributed by atoms with E-state index in [1.807, 2.05) is 38.1 Å². The van der Waals surface area contributed by atoms with Gasteiger partial charge < -0.3 is 4.74 Å². The molecular formula is C16H18INO3S. The number of hydrogen-bond acceptors (Lipinski definition) is 3. The lowest BCUT2D eigenvalue weighted by molar-refractivity contribution is 0.411. The van der Waals surface area contributed by atoms with Crippen molar-refractivity contribution in [1.82, 2.24) is 0 Å². The molecule has 0 saturated carbocycles. The molecule has 0 spiro atoms. The number of hydrogen-bond donors (Lipinski definition) is 0. The Morgan fingerprint density at radius 3 is 2.27 bits per heavy atom. The van der Waals surface area contributed by atoms with E-state index in [4.69, 9.17) is 4.74 Å². The van der Waals surface area contributed by atoms with E-state index in [-0.39, 0.29) is 4.90 Å². The molecule has 0 radical (unpaired) electrons. The van der Waals surface area contributed by atoms with Crippen LogP contribution < -0.4 is 9.04 Å². The normalized spacial score (nSPS) is 11.3. The molecule has 0 saturated heterocycles. The second kappa shape index (κ2) is 6.87. The molecule has 0 bridgehead atoms. The Hall–Kier alpha value is -1.28. The molecule has 0 fully saturated rings. The zero-order valence-electron chi connectivity index (χ0n) is 12.7. The summed E-state index contributed by atoms with van der Waals surface area (Å²) in [6.45, 7) is 4.03. The minimum atomic E-state index is -3.59. The van der Waals surface area contributed by atoms with E-state index in [2.05, 4.69) is 22.6 Å². The van der Waals surface area contributed by atoms with Crippen molar-refractivity contribution in [3.8, 4) is 5.75 Å². The highest BCUT2D eigenvalue weighted by Crippen LogP contribution is 2.27. The molecule has 0 amide bonds. The van der Waals surface area contributed by atoms with Gasteiger partial charge in [0.1, 0.15) is 5.75 Å². The number of anilines is 1. The van der Waals surface area contributed by atoms with Crippen molar-refractivity contribution < 1.29 is 13.2 Å². The minimum absolute atomic E-state index is 0.270. The highest BCUT2D eigenvalue weighted by atomic mass is 127. The van der Waals surface area contributed by atoms with E-state index >= 15 is 0 Å². The highest BCUT2D eigenvalue weighted by Gasteiger charge is 2.24. The molecule has 0 aliphatic rings. The quantitative estimate of drug-likeness (QED) is 0.677. The maximum Gasteiger partial charge on any atom is 0.264 e. The summed E-state index contributed by atoms with van der Waals surface area (Å²) in [5.74, 6) is 0.677. The van der Waals surface area contributed by atoms with Crippen LogP contribution in [0, 0.1) is 10.5 Å². The number of halogens is 1. The molecule has 0 heterocycles. The van der Waals surface area contributed by atoms with Crippen LogP contribution in [-0.4, -0.2) is 22.1 Å². The van der Waals surface area contributed by atoms with Crippen molar-refractivity contribution in [1.29, 1.82) is 0 Å². The number of sulfonamides is 1. The smallest absolute Gasteiger partial charge is 0.264 e. The first-order valence-electron chi connectivity index (χ1n) is 6.83. The summed E-state index contributed by atoms with van der Waals surface area (Å²) in [5.41, 5.74) is 1.46. The van der Waals surface area contributed by atoms with Gasteiger partial charge in [-0.3, -0.25) is 4.31 Å². The van der Waals surface area contributed by atoms with Crippen LogP contribution in [0.3, 0.4) is 0 Å². The average molecular weight is 431 g/mol. The van der Waals surface area contributed by atoms with Gasteiger partial charge in [0.25, 0.3) is 10.0 Å². The Morgan fingerprint density at radius 1 is 1.14 bits per heavy atom. The maximum atomic E-state index is 12.9. The van der Waals surface area contributed by atoms with Gasteiger partial charge in [0.05, 0.1) is 17.7 Å². The van der Waals surface area contributed by atoms with Gasteiger partial charge in [-0.2, -0.15) is 0 Å². The topological polar surface area (TPSA) is 46.6 Å². The first kappa shape index (κ1) is 17.1. The van der Waals surface area contributed by atoms with Crippen molar-refractivity contribution in [3.05, 3.63) is 51.6 Å². The fourth-order valence-electron chi connectivity index (χ4n) is 2.24. The minimum Gasteiger partial charge on any atom is -0.496 e. The monoisotopic (exact) mass is 431 g/mol. The summed E-state index contributed by atoms with van der Waals surface area (Å²) in [5, 5.41) is 0. The molecule has 6 heteroatoms. The molecule has 0 aromatic heterocycles.